The van der Waals surface area contributed by atoms with E-state index in [-0.39, 0.29) is 15.5 Å². The van der Waals surface area contributed by atoms with Crippen molar-refractivity contribution >= 4 is 50.9 Å². The van der Waals surface area contributed by atoms with Gasteiger partial charge in [-0.15, -0.1) is 11.8 Å². The van der Waals surface area contributed by atoms with Gasteiger partial charge in [-0.05, 0) is 48.2 Å². The van der Waals surface area contributed by atoms with Crippen LogP contribution in [0.3, 0.4) is 0 Å². The van der Waals surface area contributed by atoms with E-state index in [2.05, 4.69) is 0 Å². The summed E-state index contributed by atoms with van der Waals surface area (Å²) in [6.45, 7) is 2.01. The zero-order valence-electron chi connectivity index (χ0n) is 12.0. The maximum Gasteiger partial charge on any atom is 0.266 e. The van der Waals surface area contributed by atoms with Crippen molar-refractivity contribution in [1.29, 1.82) is 0 Å². The van der Waals surface area contributed by atoms with Crippen molar-refractivity contribution in [2.75, 3.05) is 5.75 Å². The molecule has 2 aromatic rings. The number of nitrogens with one attached hydrogen (secondary N) is 1. The highest BCUT2D eigenvalue weighted by Gasteiger charge is 2.20. The number of benzene rings is 2. The highest BCUT2D eigenvalue weighted by molar-refractivity contribution is 7.99. The van der Waals surface area contributed by atoms with Crippen LogP contribution in [0.2, 0.25) is 10.0 Å². The number of amides is 1. The third kappa shape index (κ3) is 4.64. The van der Waals surface area contributed by atoms with Gasteiger partial charge in [0, 0.05) is 9.92 Å². The summed E-state index contributed by atoms with van der Waals surface area (Å²) in [5, 5.41) is 0.443. The molecule has 0 aliphatic carbocycles. The smallest absolute Gasteiger partial charge is 0.266 e. The third-order valence-corrected chi connectivity index (χ3v) is 5.64. The summed E-state index contributed by atoms with van der Waals surface area (Å²) in [6.07, 6.45) is 0. The molecule has 4 nitrogen and oxygen atoms in total. The van der Waals surface area contributed by atoms with E-state index in [1.54, 1.807) is 23.9 Å². The van der Waals surface area contributed by atoms with E-state index >= 15 is 0 Å². The molecule has 2 aromatic carbocycles. The van der Waals surface area contributed by atoms with Crippen LogP contribution in [-0.4, -0.2) is 20.1 Å². The molecule has 0 aliphatic heterocycles. The van der Waals surface area contributed by atoms with Gasteiger partial charge in [-0.25, -0.2) is 13.1 Å². The second-order valence-corrected chi connectivity index (χ2v) is 8.33. The first kappa shape index (κ1) is 18.1. The summed E-state index contributed by atoms with van der Waals surface area (Å²) in [6, 6.07) is 10.5. The lowest BCUT2D eigenvalue weighted by Crippen LogP contribution is -2.30. The Hall–Kier alpha value is -1.21. The Balaban J connectivity index is 2.21. The fourth-order valence-corrected chi connectivity index (χ4v) is 3.91. The molecule has 122 valence electrons. The number of rotatable bonds is 5. The van der Waals surface area contributed by atoms with Crippen LogP contribution in [0, 0.1) is 0 Å². The molecule has 0 fully saturated rings. The Morgan fingerprint density at radius 3 is 2.35 bits per heavy atom. The molecule has 0 bridgehead atoms. The van der Waals surface area contributed by atoms with Gasteiger partial charge in [0.15, 0.2) is 0 Å². The Labute approximate surface area is 149 Å². The van der Waals surface area contributed by atoms with Gasteiger partial charge in [-0.2, -0.15) is 0 Å². The molecular weight excluding hydrogens is 377 g/mol. The molecule has 0 radical (unpaired) electrons. The number of carbonyl (C=O) groups excluding carboxylic acids is 1. The van der Waals surface area contributed by atoms with E-state index in [1.165, 1.54) is 30.3 Å². The van der Waals surface area contributed by atoms with E-state index in [1.807, 2.05) is 11.6 Å². The van der Waals surface area contributed by atoms with Crippen LogP contribution >= 0.6 is 35.0 Å². The first-order valence-electron chi connectivity index (χ1n) is 6.58. The summed E-state index contributed by atoms with van der Waals surface area (Å²) < 4.78 is 26.5. The lowest BCUT2D eigenvalue weighted by molar-refractivity contribution is 0.0981. The fourth-order valence-electron chi connectivity index (χ4n) is 1.79. The summed E-state index contributed by atoms with van der Waals surface area (Å²) in [7, 11) is -3.97. The first-order chi connectivity index (χ1) is 10.8. The largest absolute Gasteiger partial charge is 0.268 e. The van der Waals surface area contributed by atoms with Crippen molar-refractivity contribution < 1.29 is 13.2 Å². The maximum absolute atomic E-state index is 12.3. The number of halogens is 2. The van der Waals surface area contributed by atoms with Crippen LogP contribution in [0.5, 0.6) is 0 Å². The second kappa shape index (κ2) is 7.57. The summed E-state index contributed by atoms with van der Waals surface area (Å²) in [5.74, 6) is 0.0800. The molecular formula is C15H13Cl2NO3S2. The van der Waals surface area contributed by atoms with Crippen molar-refractivity contribution in [3.8, 4) is 0 Å². The molecule has 0 saturated heterocycles. The quantitative estimate of drug-likeness (QED) is 0.777. The van der Waals surface area contributed by atoms with Crippen LogP contribution < -0.4 is 4.72 Å². The number of hydrogen-bond donors (Lipinski definition) is 1. The minimum Gasteiger partial charge on any atom is -0.268 e. The molecule has 0 spiro atoms. The van der Waals surface area contributed by atoms with Crippen LogP contribution in [0.4, 0.5) is 0 Å². The molecule has 23 heavy (non-hydrogen) atoms. The average molecular weight is 390 g/mol. The van der Waals surface area contributed by atoms with Gasteiger partial charge in [-0.1, -0.05) is 30.1 Å². The van der Waals surface area contributed by atoms with Crippen molar-refractivity contribution in [1.82, 2.24) is 4.72 Å². The van der Waals surface area contributed by atoms with Gasteiger partial charge in [-0.3, -0.25) is 4.79 Å². The van der Waals surface area contributed by atoms with Crippen LogP contribution in [0.25, 0.3) is 0 Å². The number of hydrogen-bond acceptors (Lipinski definition) is 4. The van der Waals surface area contributed by atoms with Gasteiger partial charge < -0.3 is 0 Å². The summed E-state index contributed by atoms with van der Waals surface area (Å²) in [4.78, 5) is 13.1. The van der Waals surface area contributed by atoms with Crippen LogP contribution in [-0.2, 0) is 10.0 Å². The normalized spacial score (nSPS) is 11.3. The molecule has 0 saturated carbocycles. The Bertz CT molecular complexity index is 821. The minimum absolute atomic E-state index is 0.0105. The van der Waals surface area contributed by atoms with Crippen LogP contribution in [0.1, 0.15) is 17.3 Å². The topological polar surface area (TPSA) is 63.2 Å². The fraction of sp³-hybridized carbons (Fsp3) is 0.133. The predicted molar refractivity (Wildman–Crippen MR) is 94.0 cm³/mol. The second-order valence-electron chi connectivity index (χ2n) is 4.46. The molecule has 0 atom stereocenters. The first-order valence-corrected chi connectivity index (χ1v) is 9.81. The minimum atomic E-state index is -3.97. The maximum atomic E-state index is 12.3. The lowest BCUT2D eigenvalue weighted by Gasteiger charge is -2.09. The van der Waals surface area contributed by atoms with Crippen molar-refractivity contribution in [3.05, 3.63) is 58.1 Å². The molecule has 0 heterocycles. The molecule has 2 rings (SSSR count). The monoisotopic (exact) mass is 389 g/mol. The number of thioether (sulfide) groups is 1. The number of carbonyl (C=O) groups is 1. The van der Waals surface area contributed by atoms with Gasteiger partial charge in [0.05, 0.1) is 15.5 Å². The van der Waals surface area contributed by atoms with Gasteiger partial charge in [0.1, 0.15) is 0 Å². The Morgan fingerprint density at radius 2 is 1.78 bits per heavy atom. The van der Waals surface area contributed by atoms with Gasteiger partial charge >= 0.3 is 0 Å². The van der Waals surface area contributed by atoms with Crippen LogP contribution in [0.15, 0.2) is 52.3 Å². The SMILES string of the molecule is CCSc1ccc(S(=O)(=O)NC(=O)c2ccc(Cl)cc2Cl)cc1. The van der Waals surface area contributed by atoms with Gasteiger partial charge in [0.25, 0.3) is 15.9 Å². The molecule has 0 aromatic heterocycles. The van der Waals surface area contributed by atoms with Crippen molar-refractivity contribution in [2.45, 2.75) is 16.7 Å². The average Bonchev–Trinajstić information content (AvgIpc) is 2.47. The Kier molecular flexibility index (Phi) is 5.97. The number of sulfonamides is 1. The summed E-state index contributed by atoms with van der Waals surface area (Å²) in [5.41, 5.74) is 0.0396. The molecule has 8 heteroatoms. The molecule has 1 N–H and O–H groups in total. The molecule has 0 aliphatic rings. The van der Waals surface area contributed by atoms with E-state index in [9.17, 15) is 13.2 Å². The Morgan fingerprint density at radius 1 is 1.13 bits per heavy atom. The highest BCUT2D eigenvalue weighted by Crippen LogP contribution is 2.22. The van der Waals surface area contributed by atoms with Crippen molar-refractivity contribution in [3.63, 3.8) is 0 Å². The van der Waals surface area contributed by atoms with E-state index in [0.717, 1.165) is 10.6 Å². The van der Waals surface area contributed by atoms with Crippen molar-refractivity contribution in [2.24, 2.45) is 0 Å². The van der Waals surface area contributed by atoms with E-state index < -0.39 is 15.9 Å². The van der Waals surface area contributed by atoms with E-state index in [4.69, 9.17) is 23.2 Å². The zero-order chi connectivity index (χ0) is 17.0. The zero-order valence-corrected chi connectivity index (χ0v) is 15.2. The predicted octanol–water partition coefficient (Wildman–Crippen LogP) is 4.22. The molecule has 1 amide bonds. The summed E-state index contributed by atoms with van der Waals surface area (Å²) >= 11 is 13.3. The standard InChI is InChI=1S/C15H13Cl2NO3S2/c1-2-22-11-4-6-12(7-5-11)23(20,21)18-15(19)13-8-3-10(16)9-14(13)17/h3-9H,2H2,1H3,(H,18,19). The highest BCUT2D eigenvalue weighted by atomic mass is 35.5. The lowest BCUT2D eigenvalue weighted by atomic mass is 10.2. The third-order valence-electron chi connectivity index (χ3n) is 2.85. The van der Waals surface area contributed by atoms with Gasteiger partial charge in [0.2, 0.25) is 0 Å². The van der Waals surface area contributed by atoms with E-state index in [0.29, 0.717) is 5.02 Å². The molecule has 0 unspecified atom stereocenters.